The van der Waals surface area contributed by atoms with Crippen LogP contribution < -0.4 is 5.32 Å². The van der Waals surface area contributed by atoms with E-state index in [1.807, 2.05) is 62.4 Å². The summed E-state index contributed by atoms with van der Waals surface area (Å²) < 4.78 is 5.77. The number of nitrogens with zero attached hydrogens (tertiary/aromatic N) is 3. The maximum absolute atomic E-state index is 13.3. The molecule has 1 N–H and O–H groups in total. The lowest BCUT2D eigenvalue weighted by atomic mass is 9.93. The highest BCUT2D eigenvalue weighted by atomic mass is 35.5. The second kappa shape index (κ2) is 9.99. The number of benzene rings is 3. The van der Waals surface area contributed by atoms with E-state index in [0.717, 1.165) is 34.4 Å². The van der Waals surface area contributed by atoms with Crippen molar-refractivity contribution in [2.24, 2.45) is 0 Å². The molecule has 1 unspecified atom stereocenters. The first kappa shape index (κ1) is 23.8. The highest BCUT2D eigenvalue weighted by Gasteiger charge is 2.35. The van der Waals surface area contributed by atoms with Crippen molar-refractivity contribution in [3.8, 4) is 11.4 Å². The molecule has 1 aliphatic heterocycles. The van der Waals surface area contributed by atoms with Gasteiger partial charge in [0.1, 0.15) is 0 Å². The summed E-state index contributed by atoms with van der Waals surface area (Å²) in [5, 5.41) is 7.98. The highest BCUT2D eigenvalue weighted by molar-refractivity contribution is 6.30. The lowest BCUT2D eigenvalue weighted by Crippen LogP contribution is -2.45. The average molecular weight is 499 g/mol. The lowest BCUT2D eigenvalue weighted by molar-refractivity contribution is 0.203. The van der Waals surface area contributed by atoms with Gasteiger partial charge in [-0.05, 0) is 49.1 Å². The maximum Gasteiger partial charge on any atom is 0.322 e. The normalized spacial score (nSPS) is 15.8. The zero-order chi connectivity index (χ0) is 25.2. The van der Waals surface area contributed by atoms with E-state index in [1.165, 1.54) is 11.1 Å². The van der Waals surface area contributed by atoms with Gasteiger partial charge in [-0.3, -0.25) is 4.90 Å². The number of halogens is 1. The van der Waals surface area contributed by atoms with Crippen molar-refractivity contribution in [2.75, 3.05) is 0 Å². The molecule has 3 aromatic carbocycles. The van der Waals surface area contributed by atoms with Gasteiger partial charge in [0.15, 0.2) is 0 Å². The molecule has 0 aliphatic carbocycles. The van der Waals surface area contributed by atoms with Crippen molar-refractivity contribution in [3.05, 3.63) is 112 Å². The third-order valence-corrected chi connectivity index (χ3v) is 6.75. The number of amides is 2. The number of carbonyl (C=O) groups is 1. The molecule has 0 spiro atoms. The third kappa shape index (κ3) is 4.77. The molecule has 1 aromatic heterocycles. The number of aryl methyl sites for hydroxylation is 2. The molecule has 1 aliphatic rings. The van der Waals surface area contributed by atoms with E-state index in [1.54, 1.807) is 17.0 Å². The molecule has 182 valence electrons. The van der Waals surface area contributed by atoms with Crippen LogP contribution in [0.25, 0.3) is 17.0 Å². The van der Waals surface area contributed by atoms with E-state index in [0.29, 0.717) is 23.3 Å². The van der Waals surface area contributed by atoms with Crippen molar-refractivity contribution in [2.45, 2.75) is 39.8 Å². The smallest absolute Gasteiger partial charge is 0.322 e. The first-order valence-corrected chi connectivity index (χ1v) is 12.3. The van der Waals surface area contributed by atoms with Gasteiger partial charge in [0.25, 0.3) is 5.89 Å². The average Bonchev–Trinajstić information content (AvgIpc) is 3.37. The Morgan fingerprint density at radius 3 is 2.42 bits per heavy atom. The summed E-state index contributed by atoms with van der Waals surface area (Å²) in [4.78, 5) is 19.8. The monoisotopic (exact) mass is 498 g/mol. The molecule has 36 heavy (non-hydrogen) atoms. The molecule has 1 atom stereocenters. The van der Waals surface area contributed by atoms with Gasteiger partial charge in [-0.15, -0.1) is 0 Å². The predicted molar refractivity (Wildman–Crippen MR) is 141 cm³/mol. The number of urea groups is 1. The molecule has 2 heterocycles. The van der Waals surface area contributed by atoms with Crippen LogP contribution in [0.15, 0.2) is 83.0 Å². The quantitative estimate of drug-likeness (QED) is 0.312. The largest absolute Gasteiger partial charge is 0.334 e. The van der Waals surface area contributed by atoms with E-state index in [2.05, 4.69) is 29.5 Å². The molecule has 0 saturated heterocycles. The molecule has 0 radical (unpaired) electrons. The summed E-state index contributed by atoms with van der Waals surface area (Å²) in [6, 6.07) is 23.1. The Morgan fingerprint density at radius 1 is 1.00 bits per heavy atom. The summed E-state index contributed by atoms with van der Waals surface area (Å²) >= 11 is 6.17. The van der Waals surface area contributed by atoms with E-state index in [4.69, 9.17) is 21.1 Å². The molecule has 0 saturated carbocycles. The molecule has 7 heteroatoms. The van der Waals surface area contributed by atoms with Crippen LogP contribution in [-0.4, -0.2) is 21.1 Å². The first-order valence-electron chi connectivity index (χ1n) is 12.0. The van der Waals surface area contributed by atoms with Gasteiger partial charge in [-0.25, -0.2) is 4.79 Å². The van der Waals surface area contributed by atoms with Crippen molar-refractivity contribution in [1.82, 2.24) is 20.4 Å². The van der Waals surface area contributed by atoms with Crippen LogP contribution in [0, 0.1) is 6.92 Å². The summed E-state index contributed by atoms with van der Waals surface area (Å²) in [6.07, 6.45) is 0.940. The van der Waals surface area contributed by atoms with E-state index in [-0.39, 0.29) is 6.03 Å². The lowest BCUT2D eigenvalue weighted by Gasteiger charge is -2.35. The topological polar surface area (TPSA) is 71.3 Å². The van der Waals surface area contributed by atoms with Crippen LogP contribution in [0.1, 0.15) is 48.0 Å². The predicted octanol–water partition coefficient (Wildman–Crippen LogP) is 6.96. The van der Waals surface area contributed by atoms with Crippen molar-refractivity contribution in [1.29, 1.82) is 0 Å². The molecule has 4 aromatic rings. The highest BCUT2D eigenvalue weighted by Crippen LogP contribution is 2.38. The second-order valence-corrected chi connectivity index (χ2v) is 9.42. The SMILES string of the molecule is CCc1ccc(C2NC(=O)N(Cc3ccc(C)cc3)C(C)=C2c2nc(-c3cccc(Cl)c3)no2)cc1. The van der Waals surface area contributed by atoms with Gasteiger partial charge in [0, 0.05) is 16.3 Å². The Hall–Kier alpha value is -3.90. The van der Waals surface area contributed by atoms with Crippen LogP contribution >= 0.6 is 11.6 Å². The van der Waals surface area contributed by atoms with Gasteiger partial charge < -0.3 is 9.84 Å². The van der Waals surface area contributed by atoms with Gasteiger partial charge in [-0.2, -0.15) is 4.98 Å². The minimum atomic E-state index is -0.426. The Bertz CT molecular complexity index is 1420. The van der Waals surface area contributed by atoms with E-state index < -0.39 is 6.04 Å². The van der Waals surface area contributed by atoms with E-state index >= 15 is 0 Å². The van der Waals surface area contributed by atoms with Gasteiger partial charge >= 0.3 is 6.03 Å². The molecule has 6 nitrogen and oxygen atoms in total. The Kier molecular flexibility index (Phi) is 6.61. The molecule has 2 amide bonds. The van der Waals surface area contributed by atoms with Gasteiger partial charge in [-0.1, -0.05) is 89.9 Å². The zero-order valence-corrected chi connectivity index (χ0v) is 21.2. The number of rotatable bonds is 6. The minimum Gasteiger partial charge on any atom is -0.334 e. The number of nitrogens with one attached hydrogen (secondary N) is 1. The summed E-state index contributed by atoms with van der Waals surface area (Å²) in [5.74, 6) is 0.802. The Labute approximate surface area is 215 Å². The number of hydrogen-bond acceptors (Lipinski definition) is 4. The third-order valence-electron chi connectivity index (χ3n) is 6.52. The fourth-order valence-electron chi connectivity index (χ4n) is 4.40. The van der Waals surface area contributed by atoms with Crippen LogP contribution in [0.3, 0.4) is 0 Å². The molecular weight excluding hydrogens is 472 g/mol. The summed E-state index contributed by atoms with van der Waals surface area (Å²) in [6.45, 7) is 6.52. The summed E-state index contributed by atoms with van der Waals surface area (Å²) in [7, 11) is 0. The Balaban J connectivity index is 1.59. The Morgan fingerprint density at radius 2 is 1.72 bits per heavy atom. The second-order valence-electron chi connectivity index (χ2n) is 8.98. The summed E-state index contributed by atoms with van der Waals surface area (Å²) in [5.41, 5.74) is 6.68. The first-order chi connectivity index (χ1) is 17.4. The van der Waals surface area contributed by atoms with Crippen molar-refractivity contribution < 1.29 is 9.32 Å². The van der Waals surface area contributed by atoms with Crippen LogP contribution in [0.4, 0.5) is 4.79 Å². The van der Waals surface area contributed by atoms with E-state index in [9.17, 15) is 4.79 Å². The van der Waals surface area contributed by atoms with Crippen LogP contribution in [0.2, 0.25) is 5.02 Å². The molecule has 0 fully saturated rings. The van der Waals surface area contributed by atoms with Crippen LogP contribution in [-0.2, 0) is 13.0 Å². The minimum absolute atomic E-state index is 0.170. The van der Waals surface area contributed by atoms with Gasteiger partial charge in [0.05, 0.1) is 18.2 Å². The van der Waals surface area contributed by atoms with Crippen LogP contribution in [0.5, 0.6) is 0 Å². The fraction of sp³-hybridized carbons (Fsp3) is 0.207. The number of allylic oxidation sites excluding steroid dienone is 1. The standard InChI is InChI=1S/C29H27ClN4O2/c1-4-20-12-14-22(15-13-20)26-25(28-32-27(33-36-28)23-6-5-7-24(30)16-23)19(3)34(29(35)31-26)17-21-10-8-18(2)9-11-21/h5-16,26H,4,17H2,1-3H3,(H,31,35). The van der Waals surface area contributed by atoms with Gasteiger partial charge in [0.2, 0.25) is 5.82 Å². The number of aromatic nitrogens is 2. The van der Waals surface area contributed by atoms with Crippen molar-refractivity contribution in [3.63, 3.8) is 0 Å². The molecule has 0 bridgehead atoms. The molecule has 5 rings (SSSR count). The zero-order valence-electron chi connectivity index (χ0n) is 20.5. The maximum atomic E-state index is 13.3. The molecular formula is C29H27ClN4O2. The number of hydrogen-bond donors (Lipinski definition) is 1. The number of carbonyl (C=O) groups excluding carboxylic acids is 1. The van der Waals surface area contributed by atoms with Crippen molar-refractivity contribution >= 4 is 23.2 Å². The fourth-order valence-corrected chi connectivity index (χ4v) is 4.59.